The van der Waals surface area contributed by atoms with Crippen LogP contribution in [-0.2, 0) is 27.1 Å². The first-order valence-electron chi connectivity index (χ1n) is 11.6. The van der Waals surface area contributed by atoms with E-state index in [0.717, 1.165) is 11.1 Å². The Morgan fingerprint density at radius 2 is 1.30 bits per heavy atom. The van der Waals surface area contributed by atoms with Crippen molar-refractivity contribution in [1.29, 1.82) is 0 Å². The fraction of sp³-hybridized carbons (Fsp3) is 0.500. The van der Waals surface area contributed by atoms with Crippen LogP contribution in [0.25, 0.3) is 0 Å². The molecule has 0 aliphatic heterocycles. The molecular formula is C28H40O4Si. The van der Waals surface area contributed by atoms with Crippen molar-refractivity contribution in [2.45, 2.75) is 83.8 Å². The largest absolute Gasteiger partial charge is 0.414 e. The van der Waals surface area contributed by atoms with Crippen molar-refractivity contribution in [3.63, 3.8) is 0 Å². The molecule has 33 heavy (non-hydrogen) atoms. The monoisotopic (exact) mass is 468 g/mol. The van der Waals surface area contributed by atoms with Crippen LogP contribution >= 0.6 is 0 Å². The Morgan fingerprint density at radius 3 is 1.76 bits per heavy atom. The predicted octanol–water partition coefficient (Wildman–Crippen LogP) is 5.95. The number of rotatable bonds is 10. The van der Waals surface area contributed by atoms with E-state index in [1.54, 1.807) is 13.8 Å². The van der Waals surface area contributed by atoms with Gasteiger partial charge in [-0.3, -0.25) is 0 Å². The maximum atomic E-state index is 10.2. The van der Waals surface area contributed by atoms with Crippen LogP contribution in [0.3, 0.4) is 0 Å². The molecule has 0 aromatic heterocycles. The van der Waals surface area contributed by atoms with Crippen molar-refractivity contribution in [2.24, 2.45) is 0 Å². The van der Waals surface area contributed by atoms with Crippen LogP contribution in [0.5, 0.6) is 0 Å². The standard InChI is InChI=1S/C28H40O4Si/c1-27(2,3)33(6,7)32-22-26(31-21-24-16-12-9-13-17-24)25(18-19-28(4,5)29)30-20-23-14-10-8-11-15-23/h8-17,25-26,29H,20-22H2,1-7H3/t25-,26-/m1/s1. The summed E-state index contributed by atoms with van der Waals surface area (Å²) < 4.78 is 19.1. The van der Waals surface area contributed by atoms with E-state index < -0.39 is 26.1 Å². The summed E-state index contributed by atoms with van der Waals surface area (Å²) in [6.45, 7) is 15.7. The topological polar surface area (TPSA) is 47.9 Å². The second-order valence-electron chi connectivity index (χ2n) is 10.5. The second-order valence-corrected chi connectivity index (χ2v) is 15.3. The zero-order valence-corrected chi connectivity index (χ0v) is 22.2. The summed E-state index contributed by atoms with van der Waals surface area (Å²) in [5.74, 6) is 6.05. The summed E-state index contributed by atoms with van der Waals surface area (Å²) in [5.41, 5.74) is 1.00. The van der Waals surface area contributed by atoms with E-state index in [1.807, 2.05) is 60.7 Å². The highest BCUT2D eigenvalue weighted by atomic mass is 28.4. The molecule has 2 aromatic rings. The molecule has 0 fully saturated rings. The van der Waals surface area contributed by atoms with Gasteiger partial charge in [0.1, 0.15) is 17.8 Å². The maximum absolute atomic E-state index is 10.2. The van der Waals surface area contributed by atoms with E-state index in [2.05, 4.69) is 45.7 Å². The molecular weight excluding hydrogens is 428 g/mol. The Morgan fingerprint density at radius 1 is 0.818 bits per heavy atom. The number of ether oxygens (including phenoxy) is 2. The molecule has 0 unspecified atom stereocenters. The van der Waals surface area contributed by atoms with Gasteiger partial charge in [-0.2, -0.15) is 0 Å². The normalized spacial score (nSPS) is 14.3. The molecule has 2 atom stereocenters. The number of hydrogen-bond donors (Lipinski definition) is 1. The van der Waals surface area contributed by atoms with Gasteiger partial charge in [0.2, 0.25) is 0 Å². The maximum Gasteiger partial charge on any atom is 0.192 e. The molecule has 0 amide bonds. The number of aliphatic hydroxyl groups is 1. The summed E-state index contributed by atoms with van der Waals surface area (Å²) in [4.78, 5) is 0. The van der Waals surface area contributed by atoms with Gasteiger partial charge in [0.15, 0.2) is 8.32 Å². The van der Waals surface area contributed by atoms with Gasteiger partial charge in [0.25, 0.3) is 0 Å². The van der Waals surface area contributed by atoms with Crippen LogP contribution in [0.2, 0.25) is 18.1 Å². The van der Waals surface area contributed by atoms with Crippen molar-refractivity contribution >= 4 is 8.32 Å². The molecule has 0 bridgehead atoms. The summed E-state index contributed by atoms with van der Waals surface area (Å²) >= 11 is 0. The summed E-state index contributed by atoms with van der Waals surface area (Å²) in [6.07, 6.45) is -0.956. The highest BCUT2D eigenvalue weighted by Gasteiger charge is 2.38. The van der Waals surface area contributed by atoms with Crippen LogP contribution in [-0.4, -0.2) is 37.8 Å². The third kappa shape index (κ3) is 9.83. The lowest BCUT2D eigenvalue weighted by Crippen LogP contribution is -2.45. The number of hydrogen-bond acceptors (Lipinski definition) is 4. The van der Waals surface area contributed by atoms with Crippen molar-refractivity contribution in [2.75, 3.05) is 6.61 Å². The Kier molecular flexibility index (Phi) is 9.90. The molecule has 4 nitrogen and oxygen atoms in total. The smallest absolute Gasteiger partial charge is 0.192 e. The van der Waals surface area contributed by atoms with E-state index >= 15 is 0 Å². The molecule has 180 valence electrons. The van der Waals surface area contributed by atoms with Gasteiger partial charge in [0, 0.05) is 0 Å². The van der Waals surface area contributed by atoms with Crippen LogP contribution in [0.1, 0.15) is 45.7 Å². The average molecular weight is 469 g/mol. The Balaban J connectivity index is 2.26. The van der Waals surface area contributed by atoms with Gasteiger partial charge in [-0.05, 0) is 43.1 Å². The predicted molar refractivity (Wildman–Crippen MR) is 137 cm³/mol. The lowest BCUT2D eigenvalue weighted by atomic mass is 10.1. The molecule has 0 heterocycles. The molecule has 0 aliphatic carbocycles. The van der Waals surface area contributed by atoms with Gasteiger partial charge in [-0.25, -0.2) is 0 Å². The third-order valence-corrected chi connectivity index (χ3v) is 10.4. The molecule has 2 rings (SSSR count). The van der Waals surface area contributed by atoms with Crippen LogP contribution in [0.4, 0.5) is 0 Å². The molecule has 0 spiro atoms. The lowest BCUT2D eigenvalue weighted by Gasteiger charge is -2.38. The molecule has 0 saturated carbocycles. The van der Waals surface area contributed by atoms with E-state index in [9.17, 15) is 5.11 Å². The molecule has 1 N–H and O–H groups in total. The van der Waals surface area contributed by atoms with Crippen LogP contribution < -0.4 is 0 Å². The molecule has 0 saturated heterocycles. The zero-order valence-electron chi connectivity index (χ0n) is 21.2. The van der Waals surface area contributed by atoms with E-state index in [4.69, 9.17) is 13.9 Å². The van der Waals surface area contributed by atoms with E-state index in [-0.39, 0.29) is 5.04 Å². The minimum Gasteiger partial charge on any atom is -0.414 e. The van der Waals surface area contributed by atoms with Gasteiger partial charge in [0.05, 0.1) is 19.8 Å². The fourth-order valence-electron chi connectivity index (χ4n) is 2.76. The third-order valence-electron chi connectivity index (χ3n) is 5.85. The minimum atomic E-state index is -2.00. The van der Waals surface area contributed by atoms with Crippen molar-refractivity contribution < 1.29 is 19.0 Å². The average Bonchev–Trinajstić information content (AvgIpc) is 2.74. The van der Waals surface area contributed by atoms with Crippen LogP contribution in [0.15, 0.2) is 60.7 Å². The first-order chi connectivity index (χ1) is 15.4. The van der Waals surface area contributed by atoms with Crippen molar-refractivity contribution in [3.05, 3.63) is 71.8 Å². The SMILES string of the molecule is CC(C)(O)C#C[C@@H](OCc1ccccc1)[C@@H](CO[Si](C)(C)C(C)(C)C)OCc1ccccc1. The second kappa shape index (κ2) is 12.0. The Labute approximate surface area is 201 Å². The Bertz CT molecular complexity index is 887. The fourth-order valence-corrected chi connectivity index (χ4v) is 3.77. The van der Waals surface area contributed by atoms with Gasteiger partial charge in [-0.15, -0.1) is 0 Å². The van der Waals surface area contributed by atoms with Gasteiger partial charge >= 0.3 is 0 Å². The molecule has 5 heteroatoms. The zero-order chi connectivity index (χ0) is 24.5. The highest BCUT2D eigenvalue weighted by molar-refractivity contribution is 6.74. The molecule has 0 radical (unpaired) electrons. The van der Waals surface area contributed by atoms with Crippen molar-refractivity contribution in [1.82, 2.24) is 0 Å². The lowest BCUT2D eigenvalue weighted by molar-refractivity contribution is -0.0789. The van der Waals surface area contributed by atoms with E-state index in [1.165, 1.54) is 0 Å². The number of benzene rings is 2. The van der Waals surface area contributed by atoms with E-state index in [0.29, 0.717) is 19.8 Å². The molecule has 2 aromatic carbocycles. The highest BCUT2D eigenvalue weighted by Crippen LogP contribution is 2.36. The summed E-state index contributed by atoms with van der Waals surface area (Å²) in [6, 6.07) is 20.0. The van der Waals surface area contributed by atoms with Gasteiger partial charge < -0.3 is 19.0 Å². The van der Waals surface area contributed by atoms with Crippen LogP contribution in [0, 0.1) is 11.8 Å². The quantitative estimate of drug-likeness (QED) is 0.346. The van der Waals surface area contributed by atoms with Crippen molar-refractivity contribution in [3.8, 4) is 11.8 Å². The summed E-state index contributed by atoms with van der Waals surface area (Å²) in [5, 5.41) is 10.3. The first-order valence-corrected chi connectivity index (χ1v) is 14.5. The van der Waals surface area contributed by atoms with Gasteiger partial charge in [-0.1, -0.05) is 93.3 Å². The minimum absolute atomic E-state index is 0.0795. The first kappa shape index (κ1) is 27.3. The Hall–Kier alpha value is -1.94. The molecule has 0 aliphatic rings. The summed E-state index contributed by atoms with van der Waals surface area (Å²) in [7, 11) is -2.00.